The lowest BCUT2D eigenvalue weighted by atomic mass is 9.90. The van der Waals surface area contributed by atoms with E-state index in [1.54, 1.807) is 0 Å². The van der Waals surface area contributed by atoms with Crippen LogP contribution in [0.1, 0.15) is 37.3 Å². The van der Waals surface area contributed by atoms with Gasteiger partial charge in [0.1, 0.15) is 0 Å². The van der Waals surface area contributed by atoms with Gasteiger partial charge in [-0.1, -0.05) is 37.6 Å². The predicted molar refractivity (Wildman–Crippen MR) is 76.0 cm³/mol. The fourth-order valence-corrected chi connectivity index (χ4v) is 2.72. The van der Waals surface area contributed by atoms with Crippen LogP contribution in [-0.4, -0.2) is 34.9 Å². The molecule has 2 rings (SSSR count). The minimum Gasteiger partial charge on any atom is -0.380 e. The molecule has 0 bridgehead atoms. The quantitative estimate of drug-likeness (QED) is 0.919. The zero-order valence-electron chi connectivity index (χ0n) is 12.3. The summed E-state index contributed by atoms with van der Waals surface area (Å²) < 4.78 is 38.2. The molecule has 0 saturated carbocycles. The fourth-order valence-electron chi connectivity index (χ4n) is 2.72. The van der Waals surface area contributed by atoms with Gasteiger partial charge < -0.3 is 5.11 Å². The molecular formula is C16H22F3NO. The van der Waals surface area contributed by atoms with Crippen LogP contribution < -0.4 is 0 Å². The SMILES string of the molecule is CCCc1ccc(CN2CCC(O)(C(F)(F)F)CC2)cc1. The van der Waals surface area contributed by atoms with Crippen molar-refractivity contribution in [3.63, 3.8) is 0 Å². The summed E-state index contributed by atoms with van der Waals surface area (Å²) in [7, 11) is 0. The molecule has 1 saturated heterocycles. The Bertz CT molecular complexity index is 448. The molecule has 1 aliphatic rings. The average molecular weight is 301 g/mol. The zero-order chi connectivity index (χ0) is 15.5. The Morgan fingerprint density at radius 1 is 1.10 bits per heavy atom. The monoisotopic (exact) mass is 301 g/mol. The molecule has 0 unspecified atom stereocenters. The number of rotatable bonds is 4. The third-order valence-electron chi connectivity index (χ3n) is 4.18. The van der Waals surface area contributed by atoms with Crippen molar-refractivity contribution in [1.29, 1.82) is 0 Å². The van der Waals surface area contributed by atoms with Gasteiger partial charge in [0.25, 0.3) is 0 Å². The van der Waals surface area contributed by atoms with Gasteiger partial charge in [-0.15, -0.1) is 0 Å². The maximum atomic E-state index is 12.7. The summed E-state index contributed by atoms with van der Waals surface area (Å²) in [5.41, 5.74) is -0.118. The van der Waals surface area contributed by atoms with Gasteiger partial charge in [0.05, 0.1) is 0 Å². The first-order valence-corrected chi connectivity index (χ1v) is 7.43. The first-order valence-electron chi connectivity index (χ1n) is 7.43. The molecule has 0 atom stereocenters. The summed E-state index contributed by atoms with van der Waals surface area (Å²) in [5.74, 6) is 0. The Balaban J connectivity index is 1.89. The average Bonchev–Trinajstić information content (AvgIpc) is 2.43. The van der Waals surface area contributed by atoms with E-state index in [-0.39, 0.29) is 25.9 Å². The number of piperidine rings is 1. The first kappa shape index (κ1) is 16.3. The molecule has 0 aromatic heterocycles. The molecule has 1 aliphatic heterocycles. The number of nitrogens with zero attached hydrogens (tertiary/aromatic N) is 1. The van der Waals surface area contributed by atoms with Gasteiger partial charge in [-0.05, 0) is 30.4 Å². The molecule has 5 heteroatoms. The van der Waals surface area contributed by atoms with Gasteiger partial charge in [-0.2, -0.15) is 13.2 Å². The third-order valence-corrected chi connectivity index (χ3v) is 4.18. The van der Waals surface area contributed by atoms with Gasteiger partial charge in [0.15, 0.2) is 5.60 Å². The van der Waals surface area contributed by atoms with E-state index in [2.05, 4.69) is 19.1 Å². The maximum Gasteiger partial charge on any atom is 0.417 e. The van der Waals surface area contributed by atoms with E-state index in [0.717, 1.165) is 18.4 Å². The Labute approximate surface area is 123 Å². The Morgan fingerprint density at radius 3 is 2.10 bits per heavy atom. The minimum atomic E-state index is -4.53. The van der Waals surface area contributed by atoms with Gasteiger partial charge in [0, 0.05) is 19.6 Å². The number of aryl methyl sites for hydroxylation is 1. The summed E-state index contributed by atoms with van der Waals surface area (Å²) in [6, 6.07) is 8.23. The molecule has 1 fully saturated rings. The lowest BCUT2D eigenvalue weighted by molar-refractivity contribution is -0.272. The van der Waals surface area contributed by atoms with Crippen LogP contribution in [0, 0.1) is 0 Å². The number of hydrogen-bond donors (Lipinski definition) is 1. The number of benzene rings is 1. The van der Waals surface area contributed by atoms with E-state index >= 15 is 0 Å². The van der Waals surface area contributed by atoms with Crippen LogP contribution in [0.5, 0.6) is 0 Å². The largest absolute Gasteiger partial charge is 0.417 e. The smallest absolute Gasteiger partial charge is 0.380 e. The maximum absolute atomic E-state index is 12.7. The highest BCUT2D eigenvalue weighted by Crippen LogP contribution is 2.38. The van der Waals surface area contributed by atoms with Crippen LogP contribution in [0.25, 0.3) is 0 Å². The van der Waals surface area contributed by atoms with E-state index < -0.39 is 11.8 Å². The second kappa shape index (κ2) is 6.36. The molecule has 0 amide bonds. The molecule has 118 valence electrons. The van der Waals surface area contributed by atoms with Gasteiger partial charge in [-0.3, -0.25) is 4.90 Å². The number of hydrogen-bond acceptors (Lipinski definition) is 2. The predicted octanol–water partition coefficient (Wildman–Crippen LogP) is 3.53. The zero-order valence-corrected chi connectivity index (χ0v) is 12.3. The molecule has 1 heterocycles. The van der Waals surface area contributed by atoms with Crippen molar-refractivity contribution in [2.75, 3.05) is 13.1 Å². The lowest BCUT2D eigenvalue weighted by Gasteiger charge is -2.39. The normalized spacial score (nSPS) is 19.7. The van der Waals surface area contributed by atoms with Crippen molar-refractivity contribution >= 4 is 0 Å². The standard InChI is InChI=1S/C16H22F3NO/c1-2-3-13-4-6-14(7-5-13)12-20-10-8-15(21,9-11-20)16(17,18)19/h4-7,21H,2-3,8-12H2,1H3. The molecule has 0 aliphatic carbocycles. The van der Waals surface area contributed by atoms with Crippen molar-refractivity contribution in [2.45, 2.75) is 50.9 Å². The van der Waals surface area contributed by atoms with Gasteiger partial charge in [-0.25, -0.2) is 0 Å². The van der Waals surface area contributed by atoms with Gasteiger partial charge in [0.2, 0.25) is 0 Å². The second-order valence-corrected chi connectivity index (χ2v) is 5.87. The highest BCUT2D eigenvalue weighted by atomic mass is 19.4. The van der Waals surface area contributed by atoms with Crippen molar-refractivity contribution in [3.05, 3.63) is 35.4 Å². The van der Waals surface area contributed by atoms with E-state index in [1.807, 2.05) is 17.0 Å². The van der Waals surface area contributed by atoms with Crippen LogP contribution >= 0.6 is 0 Å². The van der Waals surface area contributed by atoms with Crippen LogP contribution in [0.15, 0.2) is 24.3 Å². The molecule has 21 heavy (non-hydrogen) atoms. The molecular weight excluding hydrogens is 279 g/mol. The molecule has 1 aromatic rings. The van der Waals surface area contributed by atoms with Crippen molar-refractivity contribution < 1.29 is 18.3 Å². The number of alkyl halides is 3. The van der Waals surface area contributed by atoms with Crippen LogP contribution in [0.2, 0.25) is 0 Å². The molecule has 0 radical (unpaired) electrons. The highest BCUT2D eigenvalue weighted by Gasteiger charge is 2.54. The second-order valence-electron chi connectivity index (χ2n) is 5.87. The van der Waals surface area contributed by atoms with E-state index in [4.69, 9.17) is 0 Å². The number of likely N-dealkylation sites (tertiary alicyclic amines) is 1. The molecule has 1 N–H and O–H groups in total. The number of aliphatic hydroxyl groups is 1. The molecule has 2 nitrogen and oxygen atoms in total. The summed E-state index contributed by atoms with van der Waals surface area (Å²) in [6.45, 7) is 3.31. The van der Waals surface area contributed by atoms with Gasteiger partial charge >= 0.3 is 6.18 Å². The summed E-state index contributed by atoms with van der Waals surface area (Å²) in [4.78, 5) is 1.97. The minimum absolute atomic E-state index is 0.246. The summed E-state index contributed by atoms with van der Waals surface area (Å²) in [6.07, 6.45) is -2.88. The van der Waals surface area contributed by atoms with E-state index in [1.165, 1.54) is 5.56 Å². The Morgan fingerprint density at radius 2 is 1.62 bits per heavy atom. The first-order chi connectivity index (χ1) is 9.84. The van der Waals surface area contributed by atoms with Crippen LogP contribution in [0.3, 0.4) is 0 Å². The summed E-state index contributed by atoms with van der Waals surface area (Å²) in [5, 5.41) is 9.64. The van der Waals surface area contributed by atoms with Crippen molar-refractivity contribution in [2.24, 2.45) is 0 Å². The summed E-state index contributed by atoms with van der Waals surface area (Å²) >= 11 is 0. The third kappa shape index (κ3) is 3.98. The number of halogens is 3. The van der Waals surface area contributed by atoms with E-state index in [0.29, 0.717) is 6.54 Å². The van der Waals surface area contributed by atoms with Crippen LogP contribution in [-0.2, 0) is 13.0 Å². The molecule has 0 spiro atoms. The Kier molecular flexibility index (Phi) is 4.94. The van der Waals surface area contributed by atoms with E-state index in [9.17, 15) is 18.3 Å². The van der Waals surface area contributed by atoms with Crippen molar-refractivity contribution in [1.82, 2.24) is 4.90 Å². The topological polar surface area (TPSA) is 23.5 Å². The van der Waals surface area contributed by atoms with Crippen LogP contribution in [0.4, 0.5) is 13.2 Å². The van der Waals surface area contributed by atoms with Crippen molar-refractivity contribution in [3.8, 4) is 0 Å². The fraction of sp³-hybridized carbons (Fsp3) is 0.625. The highest BCUT2D eigenvalue weighted by molar-refractivity contribution is 5.22. The molecule has 1 aromatic carbocycles. The lowest BCUT2D eigenvalue weighted by Crippen LogP contribution is -2.53. The Hall–Kier alpha value is -1.07.